The zero-order valence-electron chi connectivity index (χ0n) is 8.63. The molecule has 0 aromatic carbocycles. The lowest BCUT2D eigenvalue weighted by Crippen LogP contribution is -1.80. The van der Waals surface area contributed by atoms with Gasteiger partial charge in [0, 0.05) is 21.4 Å². The van der Waals surface area contributed by atoms with Crippen LogP contribution in [-0.2, 0) is 6.54 Å². The third kappa shape index (κ3) is 1.75. The summed E-state index contributed by atoms with van der Waals surface area (Å²) in [6.07, 6.45) is 4.57. The summed E-state index contributed by atoms with van der Waals surface area (Å²) in [4.78, 5) is 9.33. The van der Waals surface area contributed by atoms with E-state index in [0.29, 0.717) is 6.54 Å². The van der Waals surface area contributed by atoms with E-state index in [4.69, 9.17) is 5.53 Å². The summed E-state index contributed by atoms with van der Waals surface area (Å²) in [5, 5.41) is 4.75. The molecule has 1 saturated carbocycles. The van der Waals surface area contributed by atoms with Crippen molar-refractivity contribution in [1.29, 1.82) is 0 Å². The van der Waals surface area contributed by atoms with E-state index in [1.54, 1.807) is 11.3 Å². The summed E-state index contributed by atoms with van der Waals surface area (Å²) in [6, 6.07) is 4.30. The Hall–Kier alpha value is -1.58. The molecule has 0 saturated heterocycles. The van der Waals surface area contributed by atoms with Crippen LogP contribution in [-0.4, -0.2) is 4.98 Å². The second-order valence-electron chi connectivity index (χ2n) is 4.04. The van der Waals surface area contributed by atoms with Crippen molar-refractivity contribution in [2.75, 3.05) is 0 Å². The standard InChI is InChI=1S/C11H10N4S/c12-15-14-6-10-4-8-3-9(7-1-2-7)5-13-11(8)16-10/h3-5,7H,1-2,6H2. The second kappa shape index (κ2) is 3.77. The van der Waals surface area contributed by atoms with E-state index in [0.717, 1.165) is 15.6 Å². The van der Waals surface area contributed by atoms with Crippen LogP contribution >= 0.6 is 11.3 Å². The molecule has 0 spiro atoms. The Balaban J connectivity index is 1.99. The normalized spacial score (nSPS) is 15.0. The predicted molar refractivity (Wildman–Crippen MR) is 64.4 cm³/mol. The van der Waals surface area contributed by atoms with Crippen LogP contribution in [0.2, 0.25) is 0 Å². The zero-order valence-corrected chi connectivity index (χ0v) is 9.44. The van der Waals surface area contributed by atoms with Crippen LogP contribution in [0.25, 0.3) is 20.7 Å². The minimum absolute atomic E-state index is 0.427. The van der Waals surface area contributed by atoms with Crippen molar-refractivity contribution in [3.63, 3.8) is 0 Å². The highest BCUT2D eigenvalue weighted by molar-refractivity contribution is 7.18. The molecule has 4 nitrogen and oxygen atoms in total. The summed E-state index contributed by atoms with van der Waals surface area (Å²) in [5.41, 5.74) is 9.62. The molecule has 0 unspecified atom stereocenters. The fourth-order valence-corrected chi connectivity index (χ4v) is 2.72. The van der Waals surface area contributed by atoms with Crippen molar-refractivity contribution in [3.05, 3.63) is 39.2 Å². The number of pyridine rings is 1. The summed E-state index contributed by atoms with van der Waals surface area (Å²) >= 11 is 1.60. The van der Waals surface area contributed by atoms with Crippen LogP contribution in [0.15, 0.2) is 23.4 Å². The van der Waals surface area contributed by atoms with Crippen LogP contribution in [0.3, 0.4) is 0 Å². The molecule has 80 valence electrons. The molecule has 5 heteroatoms. The van der Waals surface area contributed by atoms with Gasteiger partial charge in [0.1, 0.15) is 4.83 Å². The number of nitrogens with zero attached hydrogens (tertiary/aromatic N) is 4. The molecule has 1 aliphatic rings. The van der Waals surface area contributed by atoms with Crippen LogP contribution in [0.5, 0.6) is 0 Å². The first-order valence-electron chi connectivity index (χ1n) is 5.26. The van der Waals surface area contributed by atoms with Crippen LogP contribution in [0, 0.1) is 0 Å². The largest absolute Gasteiger partial charge is 0.245 e. The predicted octanol–water partition coefficient (Wildman–Crippen LogP) is 3.98. The molecular weight excluding hydrogens is 220 g/mol. The average Bonchev–Trinajstić information content (AvgIpc) is 3.06. The number of fused-ring (bicyclic) bond motifs is 1. The maximum Gasteiger partial charge on any atom is 0.123 e. The Bertz CT molecular complexity index is 579. The minimum Gasteiger partial charge on any atom is -0.245 e. The first kappa shape index (κ1) is 9.63. The first-order valence-corrected chi connectivity index (χ1v) is 6.07. The highest BCUT2D eigenvalue weighted by Crippen LogP contribution is 2.41. The molecule has 0 radical (unpaired) electrons. The molecule has 2 aromatic heterocycles. The molecule has 0 atom stereocenters. The van der Waals surface area contributed by atoms with Gasteiger partial charge in [0.15, 0.2) is 0 Å². The number of rotatable bonds is 3. The third-order valence-corrected chi connectivity index (χ3v) is 3.83. The molecule has 0 N–H and O–H groups in total. The summed E-state index contributed by atoms with van der Waals surface area (Å²) in [6.45, 7) is 0.427. The lowest BCUT2D eigenvalue weighted by atomic mass is 10.1. The fourth-order valence-electron chi connectivity index (χ4n) is 1.82. The van der Waals surface area contributed by atoms with E-state index in [-0.39, 0.29) is 0 Å². The van der Waals surface area contributed by atoms with Gasteiger partial charge in [-0.25, -0.2) is 4.98 Å². The highest BCUT2D eigenvalue weighted by atomic mass is 32.1. The number of thiophene rings is 1. The quantitative estimate of drug-likeness (QED) is 0.447. The summed E-state index contributed by atoms with van der Waals surface area (Å²) in [7, 11) is 0. The molecule has 2 heterocycles. The molecule has 2 aromatic rings. The van der Waals surface area contributed by atoms with Gasteiger partial charge in [-0.3, -0.25) is 0 Å². The zero-order chi connectivity index (χ0) is 11.0. The molecule has 1 fully saturated rings. The minimum atomic E-state index is 0.427. The van der Waals surface area contributed by atoms with E-state index in [2.05, 4.69) is 27.1 Å². The lowest BCUT2D eigenvalue weighted by molar-refractivity contribution is 1.08. The third-order valence-electron chi connectivity index (χ3n) is 2.78. The van der Waals surface area contributed by atoms with Gasteiger partial charge in [0.2, 0.25) is 0 Å². The van der Waals surface area contributed by atoms with Gasteiger partial charge in [-0.1, -0.05) is 5.11 Å². The topological polar surface area (TPSA) is 61.7 Å². The Labute approximate surface area is 96.6 Å². The number of hydrogen-bond donors (Lipinski definition) is 0. The Morgan fingerprint density at radius 3 is 3.12 bits per heavy atom. The highest BCUT2D eigenvalue weighted by Gasteiger charge is 2.24. The molecule has 1 aliphatic carbocycles. The number of hydrogen-bond acceptors (Lipinski definition) is 3. The maximum atomic E-state index is 8.27. The molecule has 0 bridgehead atoms. The average molecular weight is 230 g/mol. The van der Waals surface area contributed by atoms with Crippen LogP contribution in [0.1, 0.15) is 29.2 Å². The van der Waals surface area contributed by atoms with Crippen molar-refractivity contribution in [3.8, 4) is 0 Å². The Morgan fingerprint density at radius 1 is 1.50 bits per heavy atom. The smallest absolute Gasteiger partial charge is 0.123 e. The molecule has 0 aliphatic heterocycles. The Kier molecular flexibility index (Phi) is 2.27. The number of azide groups is 1. The monoisotopic (exact) mass is 230 g/mol. The van der Waals surface area contributed by atoms with E-state index in [1.807, 2.05) is 6.20 Å². The van der Waals surface area contributed by atoms with Crippen molar-refractivity contribution in [2.45, 2.75) is 25.3 Å². The molecule has 0 amide bonds. The lowest BCUT2D eigenvalue weighted by Gasteiger charge is -1.95. The molecule has 16 heavy (non-hydrogen) atoms. The second-order valence-corrected chi connectivity index (χ2v) is 5.15. The van der Waals surface area contributed by atoms with E-state index in [1.165, 1.54) is 23.8 Å². The van der Waals surface area contributed by atoms with Gasteiger partial charge in [-0.05, 0) is 42.0 Å². The van der Waals surface area contributed by atoms with Gasteiger partial charge in [-0.15, -0.1) is 11.3 Å². The van der Waals surface area contributed by atoms with Crippen molar-refractivity contribution >= 4 is 21.6 Å². The van der Waals surface area contributed by atoms with Crippen molar-refractivity contribution < 1.29 is 0 Å². The van der Waals surface area contributed by atoms with Gasteiger partial charge in [-0.2, -0.15) is 0 Å². The SMILES string of the molecule is [N-]=[N+]=NCc1cc2cc(C3CC3)cnc2s1. The van der Waals surface area contributed by atoms with E-state index < -0.39 is 0 Å². The first-order chi connectivity index (χ1) is 7.86. The van der Waals surface area contributed by atoms with Crippen LogP contribution in [0.4, 0.5) is 0 Å². The van der Waals surface area contributed by atoms with E-state index in [9.17, 15) is 0 Å². The maximum absolute atomic E-state index is 8.27. The number of aromatic nitrogens is 1. The van der Waals surface area contributed by atoms with Gasteiger partial charge in [0.25, 0.3) is 0 Å². The van der Waals surface area contributed by atoms with Crippen molar-refractivity contribution in [2.24, 2.45) is 5.11 Å². The van der Waals surface area contributed by atoms with E-state index >= 15 is 0 Å². The fraction of sp³-hybridized carbons (Fsp3) is 0.364. The Morgan fingerprint density at radius 2 is 2.38 bits per heavy atom. The van der Waals surface area contributed by atoms with Gasteiger partial charge < -0.3 is 0 Å². The van der Waals surface area contributed by atoms with Crippen LogP contribution < -0.4 is 0 Å². The molecular formula is C11H10N4S. The summed E-state index contributed by atoms with van der Waals surface area (Å²) in [5.74, 6) is 0.734. The molecule has 3 rings (SSSR count). The summed E-state index contributed by atoms with van der Waals surface area (Å²) < 4.78 is 0. The van der Waals surface area contributed by atoms with Gasteiger partial charge >= 0.3 is 0 Å². The van der Waals surface area contributed by atoms with Gasteiger partial charge in [0.05, 0.1) is 6.54 Å². The van der Waals surface area contributed by atoms with Crippen molar-refractivity contribution in [1.82, 2.24) is 4.98 Å².